The predicted molar refractivity (Wildman–Crippen MR) is 74.5 cm³/mol. The minimum Gasteiger partial charge on any atom is -0.326 e. The molecule has 0 bridgehead atoms. The van der Waals surface area contributed by atoms with Gasteiger partial charge in [0.2, 0.25) is 5.91 Å². The third kappa shape index (κ3) is 3.63. The summed E-state index contributed by atoms with van der Waals surface area (Å²) in [5.74, 6) is -2.08. The van der Waals surface area contributed by atoms with Gasteiger partial charge in [0.25, 0.3) is 0 Å². The first-order valence-corrected chi connectivity index (χ1v) is 6.36. The average Bonchev–Trinajstić information content (AvgIpc) is 2.44. The van der Waals surface area contributed by atoms with E-state index < -0.39 is 11.6 Å². The first kappa shape index (κ1) is 14.2. The number of amides is 1. The van der Waals surface area contributed by atoms with E-state index in [-0.39, 0.29) is 23.9 Å². The number of anilines is 1. The molecular formula is C16H15F2NO. The van der Waals surface area contributed by atoms with Crippen molar-refractivity contribution >= 4 is 11.6 Å². The van der Waals surface area contributed by atoms with E-state index in [1.54, 1.807) is 0 Å². The first-order chi connectivity index (χ1) is 9.56. The van der Waals surface area contributed by atoms with Gasteiger partial charge in [-0.25, -0.2) is 8.78 Å². The van der Waals surface area contributed by atoms with Crippen LogP contribution in [0.25, 0.3) is 0 Å². The highest BCUT2D eigenvalue weighted by atomic mass is 19.2. The molecule has 0 spiro atoms. The molecule has 2 aromatic rings. The van der Waals surface area contributed by atoms with Crippen molar-refractivity contribution in [1.82, 2.24) is 0 Å². The van der Waals surface area contributed by atoms with Gasteiger partial charge in [-0.2, -0.15) is 0 Å². The lowest BCUT2D eigenvalue weighted by molar-refractivity contribution is -0.116. The Morgan fingerprint density at radius 1 is 1.10 bits per heavy atom. The number of nitrogens with one attached hydrogen (secondary N) is 1. The van der Waals surface area contributed by atoms with Gasteiger partial charge >= 0.3 is 0 Å². The van der Waals surface area contributed by atoms with Crippen molar-refractivity contribution < 1.29 is 13.6 Å². The smallest absolute Gasteiger partial charge is 0.224 e. The fourth-order valence-electron chi connectivity index (χ4n) is 1.96. The molecule has 104 valence electrons. The second-order valence-electron chi connectivity index (χ2n) is 4.69. The van der Waals surface area contributed by atoms with Gasteiger partial charge in [-0.05, 0) is 23.6 Å². The van der Waals surface area contributed by atoms with Crippen LogP contribution in [0, 0.1) is 11.6 Å². The van der Waals surface area contributed by atoms with E-state index in [2.05, 4.69) is 5.32 Å². The molecule has 0 saturated heterocycles. The number of carbonyl (C=O) groups is 1. The van der Waals surface area contributed by atoms with Gasteiger partial charge in [0.05, 0.1) is 0 Å². The Labute approximate surface area is 116 Å². The van der Waals surface area contributed by atoms with Crippen LogP contribution in [-0.2, 0) is 4.79 Å². The van der Waals surface area contributed by atoms with Crippen molar-refractivity contribution in [2.75, 3.05) is 5.32 Å². The van der Waals surface area contributed by atoms with Crippen LogP contribution < -0.4 is 5.32 Å². The molecule has 20 heavy (non-hydrogen) atoms. The minimum absolute atomic E-state index is 0.0569. The Bertz CT molecular complexity index is 599. The summed E-state index contributed by atoms with van der Waals surface area (Å²) in [6.45, 7) is 1.94. The molecule has 0 fully saturated rings. The number of hydrogen-bond acceptors (Lipinski definition) is 1. The lowest BCUT2D eigenvalue weighted by Crippen LogP contribution is -2.14. The molecule has 0 aliphatic heterocycles. The Morgan fingerprint density at radius 2 is 1.80 bits per heavy atom. The maximum absolute atomic E-state index is 13.0. The van der Waals surface area contributed by atoms with Gasteiger partial charge in [-0.15, -0.1) is 0 Å². The lowest BCUT2D eigenvalue weighted by atomic mass is 9.97. The van der Waals surface area contributed by atoms with Crippen molar-refractivity contribution in [3.05, 3.63) is 65.7 Å². The summed E-state index contributed by atoms with van der Waals surface area (Å²) >= 11 is 0. The Morgan fingerprint density at radius 3 is 2.45 bits per heavy atom. The number of benzene rings is 2. The predicted octanol–water partition coefficient (Wildman–Crippen LogP) is 4.10. The second-order valence-corrected chi connectivity index (χ2v) is 4.69. The fraction of sp³-hybridized carbons (Fsp3) is 0.188. The fourth-order valence-corrected chi connectivity index (χ4v) is 1.96. The zero-order chi connectivity index (χ0) is 14.5. The standard InChI is InChI=1S/C16H15F2NO/c1-11(12-5-3-2-4-6-12)9-16(20)19-13-7-8-14(17)15(18)10-13/h2-8,10-11H,9H2,1H3,(H,19,20). The van der Waals surface area contributed by atoms with Crippen LogP contribution in [0.4, 0.5) is 14.5 Å². The van der Waals surface area contributed by atoms with Crippen molar-refractivity contribution in [3.63, 3.8) is 0 Å². The van der Waals surface area contributed by atoms with E-state index in [4.69, 9.17) is 0 Å². The monoisotopic (exact) mass is 275 g/mol. The molecule has 1 N–H and O–H groups in total. The van der Waals surface area contributed by atoms with Gasteiger partial charge in [-0.3, -0.25) is 4.79 Å². The van der Waals surface area contributed by atoms with Crippen molar-refractivity contribution in [1.29, 1.82) is 0 Å². The van der Waals surface area contributed by atoms with Crippen molar-refractivity contribution in [2.24, 2.45) is 0 Å². The molecular weight excluding hydrogens is 260 g/mol. The Hall–Kier alpha value is -2.23. The van der Waals surface area contributed by atoms with Crippen LogP contribution in [0.2, 0.25) is 0 Å². The molecule has 4 heteroatoms. The van der Waals surface area contributed by atoms with E-state index in [1.807, 2.05) is 37.3 Å². The summed E-state index contributed by atoms with van der Waals surface area (Å²) in [6.07, 6.45) is 0.281. The van der Waals surface area contributed by atoms with E-state index >= 15 is 0 Å². The van der Waals surface area contributed by atoms with Gasteiger partial charge in [0.1, 0.15) is 0 Å². The molecule has 0 heterocycles. The SMILES string of the molecule is CC(CC(=O)Nc1ccc(F)c(F)c1)c1ccccc1. The van der Waals surface area contributed by atoms with Crippen LogP contribution in [0.1, 0.15) is 24.8 Å². The molecule has 2 nitrogen and oxygen atoms in total. The van der Waals surface area contributed by atoms with Crippen LogP contribution in [0.15, 0.2) is 48.5 Å². The molecule has 1 unspecified atom stereocenters. The topological polar surface area (TPSA) is 29.1 Å². The molecule has 0 radical (unpaired) electrons. The highest BCUT2D eigenvalue weighted by Crippen LogP contribution is 2.20. The van der Waals surface area contributed by atoms with Gasteiger partial charge < -0.3 is 5.32 Å². The molecule has 0 aromatic heterocycles. The quantitative estimate of drug-likeness (QED) is 0.894. The molecule has 0 aliphatic carbocycles. The summed E-state index contributed by atoms with van der Waals surface area (Å²) in [5, 5.41) is 2.57. The zero-order valence-corrected chi connectivity index (χ0v) is 11.1. The lowest BCUT2D eigenvalue weighted by Gasteiger charge is -2.12. The second kappa shape index (κ2) is 6.28. The molecule has 1 amide bonds. The number of halogens is 2. The van der Waals surface area contributed by atoms with Crippen molar-refractivity contribution in [3.8, 4) is 0 Å². The highest BCUT2D eigenvalue weighted by Gasteiger charge is 2.12. The molecule has 0 aliphatic rings. The minimum atomic E-state index is -0.973. The van der Waals surface area contributed by atoms with E-state index in [9.17, 15) is 13.6 Å². The zero-order valence-electron chi connectivity index (χ0n) is 11.1. The van der Waals surface area contributed by atoms with Gasteiger partial charge in [0, 0.05) is 18.2 Å². The molecule has 2 aromatic carbocycles. The molecule has 2 rings (SSSR count). The van der Waals surface area contributed by atoms with Gasteiger partial charge in [0.15, 0.2) is 11.6 Å². The van der Waals surface area contributed by atoms with Crippen LogP contribution in [0.5, 0.6) is 0 Å². The highest BCUT2D eigenvalue weighted by molar-refractivity contribution is 5.91. The maximum Gasteiger partial charge on any atom is 0.224 e. The summed E-state index contributed by atoms with van der Waals surface area (Å²) in [5.41, 5.74) is 1.32. The normalized spacial score (nSPS) is 11.9. The summed E-state index contributed by atoms with van der Waals surface area (Å²) in [7, 11) is 0. The van der Waals surface area contributed by atoms with E-state index in [1.165, 1.54) is 6.07 Å². The van der Waals surface area contributed by atoms with E-state index in [0.717, 1.165) is 17.7 Å². The van der Waals surface area contributed by atoms with Crippen molar-refractivity contribution in [2.45, 2.75) is 19.3 Å². The number of hydrogen-bond donors (Lipinski definition) is 1. The number of rotatable bonds is 4. The van der Waals surface area contributed by atoms with Gasteiger partial charge in [-0.1, -0.05) is 37.3 Å². The Kier molecular flexibility index (Phi) is 4.45. The third-order valence-corrected chi connectivity index (χ3v) is 3.06. The molecule has 0 saturated carbocycles. The average molecular weight is 275 g/mol. The maximum atomic E-state index is 13.0. The largest absolute Gasteiger partial charge is 0.326 e. The summed E-state index contributed by atoms with van der Waals surface area (Å²) < 4.78 is 25.8. The van der Waals surface area contributed by atoms with Crippen LogP contribution in [-0.4, -0.2) is 5.91 Å². The van der Waals surface area contributed by atoms with E-state index in [0.29, 0.717) is 0 Å². The third-order valence-electron chi connectivity index (χ3n) is 3.06. The van der Waals surface area contributed by atoms with Crippen LogP contribution >= 0.6 is 0 Å². The summed E-state index contributed by atoms with van der Waals surface area (Å²) in [4.78, 5) is 11.9. The summed E-state index contributed by atoms with van der Waals surface area (Å²) in [6, 6.07) is 13.0. The molecule has 1 atom stereocenters. The first-order valence-electron chi connectivity index (χ1n) is 6.36. The Balaban J connectivity index is 1.97. The van der Waals surface area contributed by atoms with Crippen LogP contribution in [0.3, 0.4) is 0 Å². The number of carbonyl (C=O) groups excluding carboxylic acids is 1.